The van der Waals surface area contributed by atoms with Crippen molar-refractivity contribution in [3.05, 3.63) is 63.8 Å². The van der Waals surface area contributed by atoms with Crippen molar-refractivity contribution < 1.29 is 4.79 Å². The van der Waals surface area contributed by atoms with Crippen molar-refractivity contribution in [1.29, 1.82) is 0 Å². The van der Waals surface area contributed by atoms with Crippen LogP contribution in [-0.2, 0) is 0 Å². The summed E-state index contributed by atoms with van der Waals surface area (Å²) in [6, 6.07) is 12.4. The zero-order chi connectivity index (χ0) is 15.7. The van der Waals surface area contributed by atoms with Crippen molar-refractivity contribution in [2.24, 2.45) is 0 Å². The molecule has 0 spiro atoms. The molecule has 3 rings (SSSR count). The second-order valence-electron chi connectivity index (χ2n) is 4.98. The summed E-state index contributed by atoms with van der Waals surface area (Å²) in [5.74, 6) is -0.254. The van der Waals surface area contributed by atoms with Crippen LogP contribution in [0.1, 0.15) is 29.0 Å². The number of carbonyl (C=O) groups is 1. The Morgan fingerprint density at radius 2 is 2.00 bits per heavy atom. The van der Waals surface area contributed by atoms with Gasteiger partial charge in [-0.15, -0.1) is 0 Å². The minimum Gasteiger partial charge on any atom is -0.344 e. The average molecular weight is 334 g/mol. The smallest absolute Gasteiger partial charge is 0.272 e. The Morgan fingerprint density at radius 3 is 2.77 bits per heavy atom. The summed E-state index contributed by atoms with van der Waals surface area (Å²) in [7, 11) is 0. The fraction of sp³-hybridized carbons (Fsp3) is 0.125. The number of rotatable bonds is 3. The van der Waals surface area contributed by atoms with Crippen molar-refractivity contribution in [2.45, 2.75) is 13.0 Å². The molecule has 0 radical (unpaired) electrons. The highest BCUT2D eigenvalue weighted by molar-refractivity contribution is 6.35. The van der Waals surface area contributed by atoms with E-state index < -0.39 is 0 Å². The second kappa shape index (κ2) is 5.99. The Labute approximate surface area is 137 Å². The van der Waals surface area contributed by atoms with Crippen LogP contribution in [0.4, 0.5) is 0 Å². The molecule has 0 unspecified atom stereocenters. The molecule has 0 fully saturated rings. The number of nitrogens with zero attached hydrogens (tertiary/aromatic N) is 1. The minimum atomic E-state index is -0.257. The Hall–Kier alpha value is -2.04. The van der Waals surface area contributed by atoms with Crippen LogP contribution in [0.3, 0.4) is 0 Å². The van der Waals surface area contributed by atoms with Gasteiger partial charge in [0, 0.05) is 15.4 Å². The van der Waals surface area contributed by atoms with E-state index in [0.717, 1.165) is 16.5 Å². The SMILES string of the molecule is C[C@@H](NC(=O)c1n[nH]c2ccccc12)c1ccc(Cl)cc1Cl. The van der Waals surface area contributed by atoms with Gasteiger partial charge in [0.2, 0.25) is 0 Å². The lowest BCUT2D eigenvalue weighted by molar-refractivity contribution is 0.0936. The molecule has 4 nitrogen and oxygen atoms in total. The van der Waals surface area contributed by atoms with Crippen molar-refractivity contribution in [1.82, 2.24) is 15.5 Å². The maximum Gasteiger partial charge on any atom is 0.272 e. The van der Waals surface area contributed by atoms with Gasteiger partial charge in [-0.05, 0) is 30.7 Å². The summed E-state index contributed by atoms with van der Waals surface area (Å²) >= 11 is 12.1. The first-order valence-corrected chi connectivity index (χ1v) is 7.51. The van der Waals surface area contributed by atoms with E-state index in [0.29, 0.717) is 15.7 Å². The first-order chi connectivity index (χ1) is 10.6. The maximum atomic E-state index is 12.4. The Balaban J connectivity index is 1.84. The summed E-state index contributed by atoms with van der Waals surface area (Å²) in [4.78, 5) is 12.4. The standard InChI is InChI=1S/C16H13Cl2N3O/c1-9(11-7-6-10(17)8-13(11)18)19-16(22)15-12-4-2-3-5-14(12)20-21-15/h2-9H,1H3,(H,19,22)(H,20,21)/t9-/m1/s1. The molecule has 6 heteroatoms. The van der Waals surface area contributed by atoms with Crippen molar-refractivity contribution >= 4 is 40.0 Å². The maximum absolute atomic E-state index is 12.4. The van der Waals surface area contributed by atoms with Gasteiger partial charge in [-0.1, -0.05) is 47.5 Å². The van der Waals surface area contributed by atoms with E-state index >= 15 is 0 Å². The number of halogens is 2. The zero-order valence-electron chi connectivity index (χ0n) is 11.7. The highest BCUT2D eigenvalue weighted by Crippen LogP contribution is 2.26. The highest BCUT2D eigenvalue weighted by atomic mass is 35.5. The number of nitrogens with one attached hydrogen (secondary N) is 2. The van der Waals surface area contributed by atoms with E-state index in [1.807, 2.05) is 31.2 Å². The molecule has 1 aromatic heterocycles. The average Bonchev–Trinajstić information content (AvgIpc) is 2.91. The van der Waals surface area contributed by atoms with E-state index in [1.54, 1.807) is 18.2 Å². The Kier molecular flexibility index (Phi) is 4.05. The fourth-order valence-corrected chi connectivity index (χ4v) is 2.90. The third-order valence-corrected chi connectivity index (χ3v) is 4.02. The van der Waals surface area contributed by atoms with Crippen molar-refractivity contribution in [3.8, 4) is 0 Å². The largest absolute Gasteiger partial charge is 0.344 e. The normalized spacial score (nSPS) is 12.3. The van der Waals surface area contributed by atoms with Crippen LogP contribution in [0.5, 0.6) is 0 Å². The van der Waals surface area contributed by atoms with Gasteiger partial charge in [0.1, 0.15) is 0 Å². The van der Waals surface area contributed by atoms with Gasteiger partial charge in [0.25, 0.3) is 5.91 Å². The molecule has 0 bridgehead atoms. The zero-order valence-corrected chi connectivity index (χ0v) is 13.2. The van der Waals surface area contributed by atoms with Gasteiger partial charge in [-0.25, -0.2) is 0 Å². The molecule has 0 aliphatic rings. The van der Waals surface area contributed by atoms with E-state index in [2.05, 4.69) is 15.5 Å². The third-order valence-electron chi connectivity index (χ3n) is 3.46. The lowest BCUT2D eigenvalue weighted by Crippen LogP contribution is -2.27. The first kappa shape index (κ1) is 14.9. The second-order valence-corrected chi connectivity index (χ2v) is 5.82. The molecule has 0 saturated carbocycles. The lowest BCUT2D eigenvalue weighted by Gasteiger charge is -2.15. The number of aromatic amines is 1. The van der Waals surface area contributed by atoms with Gasteiger partial charge in [-0.2, -0.15) is 5.10 Å². The molecule has 0 aliphatic heterocycles. The van der Waals surface area contributed by atoms with Crippen LogP contribution in [-0.4, -0.2) is 16.1 Å². The molecule has 0 aliphatic carbocycles. The van der Waals surface area contributed by atoms with Gasteiger partial charge in [0.05, 0.1) is 11.6 Å². The number of carbonyl (C=O) groups excluding carboxylic acids is 1. The van der Waals surface area contributed by atoms with Crippen LogP contribution < -0.4 is 5.32 Å². The highest BCUT2D eigenvalue weighted by Gasteiger charge is 2.18. The van der Waals surface area contributed by atoms with Crippen molar-refractivity contribution in [3.63, 3.8) is 0 Å². The Morgan fingerprint density at radius 1 is 1.23 bits per heavy atom. The molecule has 1 heterocycles. The van der Waals surface area contributed by atoms with Crippen LogP contribution in [0, 0.1) is 0 Å². The minimum absolute atomic E-state index is 0.254. The molecule has 1 amide bonds. The Bertz CT molecular complexity index is 844. The third kappa shape index (κ3) is 2.80. The summed E-state index contributed by atoms with van der Waals surface area (Å²) in [5, 5.41) is 11.7. The molecule has 112 valence electrons. The number of hydrogen-bond acceptors (Lipinski definition) is 2. The number of H-pyrrole nitrogens is 1. The quantitative estimate of drug-likeness (QED) is 0.748. The molecular weight excluding hydrogens is 321 g/mol. The number of fused-ring (bicyclic) bond motifs is 1. The van der Waals surface area contributed by atoms with Gasteiger partial charge in [0.15, 0.2) is 5.69 Å². The topological polar surface area (TPSA) is 57.8 Å². The number of hydrogen-bond donors (Lipinski definition) is 2. The van der Waals surface area contributed by atoms with Gasteiger partial charge < -0.3 is 5.32 Å². The van der Waals surface area contributed by atoms with Gasteiger partial charge >= 0.3 is 0 Å². The number of amides is 1. The molecular formula is C16H13Cl2N3O. The predicted molar refractivity (Wildman–Crippen MR) is 88.4 cm³/mol. The summed E-state index contributed by atoms with van der Waals surface area (Å²) in [5.41, 5.74) is 2.00. The summed E-state index contributed by atoms with van der Waals surface area (Å²) in [6.45, 7) is 1.86. The predicted octanol–water partition coefficient (Wildman–Crippen LogP) is 4.36. The molecule has 3 aromatic rings. The van der Waals surface area contributed by atoms with E-state index in [1.165, 1.54) is 0 Å². The van der Waals surface area contributed by atoms with Crippen LogP contribution >= 0.6 is 23.2 Å². The van der Waals surface area contributed by atoms with Crippen molar-refractivity contribution in [2.75, 3.05) is 0 Å². The molecule has 22 heavy (non-hydrogen) atoms. The van der Waals surface area contributed by atoms with Crippen LogP contribution in [0.25, 0.3) is 10.9 Å². The summed E-state index contributed by atoms with van der Waals surface area (Å²) < 4.78 is 0. The molecule has 0 saturated heterocycles. The van der Waals surface area contributed by atoms with E-state index in [9.17, 15) is 4.79 Å². The molecule has 1 atom stereocenters. The first-order valence-electron chi connectivity index (χ1n) is 6.75. The van der Waals surface area contributed by atoms with Crippen LogP contribution in [0.15, 0.2) is 42.5 Å². The van der Waals surface area contributed by atoms with Gasteiger partial charge in [-0.3, -0.25) is 9.89 Å². The number of aromatic nitrogens is 2. The van der Waals surface area contributed by atoms with E-state index in [4.69, 9.17) is 23.2 Å². The summed E-state index contributed by atoms with van der Waals surface area (Å²) in [6.07, 6.45) is 0. The number of benzene rings is 2. The molecule has 2 N–H and O–H groups in total. The van der Waals surface area contributed by atoms with Crippen LogP contribution in [0.2, 0.25) is 10.0 Å². The molecule has 2 aromatic carbocycles. The lowest BCUT2D eigenvalue weighted by atomic mass is 10.1. The van der Waals surface area contributed by atoms with E-state index in [-0.39, 0.29) is 11.9 Å². The number of para-hydroxylation sites is 1. The monoisotopic (exact) mass is 333 g/mol. The fourth-order valence-electron chi connectivity index (χ4n) is 2.33.